The van der Waals surface area contributed by atoms with Gasteiger partial charge in [0.05, 0.1) is 19.6 Å². The molecule has 0 radical (unpaired) electrons. The van der Waals surface area contributed by atoms with Crippen molar-refractivity contribution in [2.24, 2.45) is 0 Å². The third-order valence-electron chi connectivity index (χ3n) is 5.43. The van der Waals surface area contributed by atoms with Gasteiger partial charge in [0.2, 0.25) is 0 Å². The first-order valence-corrected chi connectivity index (χ1v) is 9.70. The van der Waals surface area contributed by atoms with Crippen molar-refractivity contribution >= 4 is 0 Å². The topological polar surface area (TPSA) is 18.5 Å². The number of para-hydroxylation sites is 1. The second-order valence-corrected chi connectivity index (χ2v) is 6.89. The normalized spacial score (nSPS) is 11.1. The van der Waals surface area contributed by atoms with Crippen LogP contribution in [0.2, 0.25) is 0 Å². The van der Waals surface area contributed by atoms with E-state index in [9.17, 15) is 0 Å². The molecule has 0 aliphatic heterocycles. The van der Waals surface area contributed by atoms with E-state index in [0.29, 0.717) is 0 Å². The molecule has 4 rings (SSSR count). The number of ether oxygens (including phenoxy) is 2. The van der Waals surface area contributed by atoms with Crippen molar-refractivity contribution in [2.45, 2.75) is 5.41 Å². The van der Waals surface area contributed by atoms with Crippen LogP contribution in [0.4, 0.5) is 0 Å². The van der Waals surface area contributed by atoms with Crippen LogP contribution in [0.25, 0.3) is 0 Å². The van der Waals surface area contributed by atoms with Gasteiger partial charge in [-0.2, -0.15) is 0 Å². The molecule has 0 aromatic heterocycles. The van der Waals surface area contributed by atoms with Crippen LogP contribution in [-0.4, -0.2) is 14.2 Å². The molecule has 2 nitrogen and oxygen atoms in total. The van der Waals surface area contributed by atoms with E-state index >= 15 is 0 Å². The van der Waals surface area contributed by atoms with Crippen molar-refractivity contribution in [2.75, 3.05) is 14.2 Å². The molecular weight excluding hydrogens is 356 g/mol. The zero-order valence-electron chi connectivity index (χ0n) is 16.7. The van der Waals surface area contributed by atoms with Gasteiger partial charge < -0.3 is 9.47 Å². The summed E-state index contributed by atoms with van der Waals surface area (Å²) >= 11 is 0. The number of methoxy groups -OCH3 is 2. The molecule has 0 heterocycles. The number of rotatable bonds is 6. The molecule has 2 heteroatoms. The molecule has 0 saturated carbocycles. The molecule has 0 aliphatic rings. The highest BCUT2D eigenvalue weighted by atomic mass is 16.5. The summed E-state index contributed by atoms with van der Waals surface area (Å²) in [6.45, 7) is 0. The molecule has 0 unspecified atom stereocenters. The molecule has 144 valence electrons. The zero-order valence-corrected chi connectivity index (χ0v) is 16.7. The highest BCUT2D eigenvalue weighted by molar-refractivity contribution is 5.65. The number of hydrogen-bond acceptors (Lipinski definition) is 2. The van der Waals surface area contributed by atoms with E-state index in [1.54, 1.807) is 14.2 Å². The maximum Gasteiger partial charge on any atom is 0.165 e. The lowest BCUT2D eigenvalue weighted by molar-refractivity contribution is 0.349. The van der Waals surface area contributed by atoms with Gasteiger partial charge in [0.25, 0.3) is 0 Å². The monoisotopic (exact) mass is 380 g/mol. The smallest absolute Gasteiger partial charge is 0.165 e. The van der Waals surface area contributed by atoms with Crippen LogP contribution in [0.5, 0.6) is 11.5 Å². The van der Waals surface area contributed by atoms with Crippen LogP contribution in [0.1, 0.15) is 22.3 Å². The van der Waals surface area contributed by atoms with Crippen LogP contribution in [0, 0.1) is 0 Å². The van der Waals surface area contributed by atoms with Crippen molar-refractivity contribution in [1.82, 2.24) is 0 Å². The predicted molar refractivity (Wildman–Crippen MR) is 118 cm³/mol. The maximum atomic E-state index is 5.91. The van der Waals surface area contributed by atoms with E-state index in [4.69, 9.17) is 9.47 Å². The standard InChI is InChI=1S/C27H24O2/c1-28-25-20-12-19-24(26(25)29-2)27(21-13-6-3-7-14-21,22-15-8-4-9-16-22)23-17-10-5-11-18-23/h3-20H,1-2H3. The second kappa shape index (κ2) is 8.24. The van der Waals surface area contributed by atoms with E-state index in [-0.39, 0.29) is 0 Å². The van der Waals surface area contributed by atoms with E-state index in [2.05, 4.69) is 78.9 Å². The molecule has 0 N–H and O–H groups in total. The Morgan fingerprint density at radius 3 is 1.31 bits per heavy atom. The second-order valence-electron chi connectivity index (χ2n) is 6.89. The molecule has 0 amide bonds. The Morgan fingerprint density at radius 1 is 0.483 bits per heavy atom. The Hall–Kier alpha value is -3.52. The summed E-state index contributed by atoms with van der Waals surface area (Å²) in [6.07, 6.45) is 0. The lowest BCUT2D eigenvalue weighted by Gasteiger charge is -2.37. The first-order valence-electron chi connectivity index (χ1n) is 9.70. The first-order chi connectivity index (χ1) is 14.3. The van der Waals surface area contributed by atoms with Gasteiger partial charge in [0.1, 0.15) is 0 Å². The minimum absolute atomic E-state index is 0.552. The highest BCUT2D eigenvalue weighted by Crippen LogP contribution is 2.50. The average Bonchev–Trinajstić information content (AvgIpc) is 2.81. The summed E-state index contributed by atoms with van der Waals surface area (Å²) in [5, 5.41) is 0. The SMILES string of the molecule is COc1cccc(C(c2ccccc2)(c2ccccc2)c2ccccc2)c1OC. The van der Waals surface area contributed by atoms with Gasteiger partial charge in [-0.3, -0.25) is 0 Å². The molecular formula is C27H24O2. The summed E-state index contributed by atoms with van der Waals surface area (Å²) in [5.74, 6) is 1.46. The van der Waals surface area contributed by atoms with Gasteiger partial charge in [-0.1, -0.05) is 103 Å². The number of hydrogen-bond donors (Lipinski definition) is 0. The number of benzene rings is 4. The predicted octanol–water partition coefficient (Wildman–Crippen LogP) is 6.09. The molecule has 0 fully saturated rings. The Balaban J connectivity index is 2.19. The van der Waals surface area contributed by atoms with Gasteiger partial charge in [0.15, 0.2) is 11.5 Å². The summed E-state index contributed by atoms with van der Waals surface area (Å²) in [4.78, 5) is 0. The summed E-state index contributed by atoms with van der Waals surface area (Å²) in [5.41, 5.74) is 4.00. The summed E-state index contributed by atoms with van der Waals surface area (Å²) < 4.78 is 11.6. The van der Waals surface area contributed by atoms with Crippen LogP contribution < -0.4 is 9.47 Å². The molecule has 0 atom stereocenters. The fourth-order valence-electron chi connectivity index (χ4n) is 4.21. The molecule has 4 aromatic rings. The third-order valence-corrected chi connectivity index (χ3v) is 5.43. The molecule has 0 spiro atoms. The van der Waals surface area contributed by atoms with Gasteiger partial charge in [-0.25, -0.2) is 0 Å². The van der Waals surface area contributed by atoms with Crippen molar-refractivity contribution in [3.8, 4) is 11.5 Å². The first kappa shape index (κ1) is 18.8. The van der Waals surface area contributed by atoms with Gasteiger partial charge in [0, 0.05) is 5.56 Å². The van der Waals surface area contributed by atoms with Gasteiger partial charge >= 0.3 is 0 Å². The Morgan fingerprint density at radius 2 is 0.931 bits per heavy atom. The molecule has 29 heavy (non-hydrogen) atoms. The van der Waals surface area contributed by atoms with Crippen molar-refractivity contribution in [3.05, 3.63) is 131 Å². The van der Waals surface area contributed by atoms with Crippen LogP contribution >= 0.6 is 0 Å². The maximum absolute atomic E-state index is 5.91. The van der Waals surface area contributed by atoms with Gasteiger partial charge in [-0.15, -0.1) is 0 Å². The van der Waals surface area contributed by atoms with Crippen molar-refractivity contribution in [3.63, 3.8) is 0 Å². The van der Waals surface area contributed by atoms with E-state index in [1.807, 2.05) is 30.3 Å². The third kappa shape index (κ3) is 3.17. The van der Waals surface area contributed by atoms with Crippen LogP contribution in [0.3, 0.4) is 0 Å². The highest BCUT2D eigenvalue weighted by Gasteiger charge is 2.41. The Kier molecular flexibility index (Phi) is 5.35. The fourth-order valence-corrected chi connectivity index (χ4v) is 4.21. The fraction of sp³-hybridized carbons (Fsp3) is 0.111. The lowest BCUT2D eigenvalue weighted by atomic mass is 9.65. The van der Waals surface area contributed by atoms with E-state index < -0.39 is 5.41 Å². The van der Waals surface area contributed by atoms with Crippen molar-refractivity contribution < 1.29 is 9.47 Å². The molecule has 0 saturated heterocycles. The summed E-state index contributed by atoms with van der Waals surface area (Å²) in [7, 11) is 3.38. The Bertz CT molecular complexity index is 961. The minimum atomic E-state index is -0.552. The largest absolute Gasteiger partial charge is 0.493 e. The Labute approximate surface area is 172 Å². The van der Waals surface area contributed by atoms with E-state index in [0.717, 1.165) is 17.1 Å². The van der Waals surface area contributed by atoms with E-state index in [1.165, 1.54) is 16.7 Å². The van der Waals surface area contributed by atoms with Crippen LogP contribution in [-0.2, 0) is 5.41 Å². The molecule has 0 bridgehead atoms. The average molecular weight is 380 g/mol. The summed E-state index contributed by atoms with van der Waals surface area (Å²) in [6, 6.07) is 37.8. The quantitative estimate of drug-likeness (QED) is 0.377. The minimum Gasteiger partial charge on any atom is -0.493 e. The lowest BCUT2D eigenvalue weighted by Crippen LogP contribution is -2.31. The molecule has 0 aliphatic carbocycles. The molecule has 4 aromatic carbocycles. The van der Waals surface area contributed by atoms with Crippen molar-refractivity contribution in [1.29, 1.82) is 0 Å². The zero-order chi connectivity index (χ0) is 20.1. The van der Waals surface area contributed by atoms with Crippen LogP contribution in [0.15, 0.2) is 109 Å². The van der Waals surface area contributed by atoms with Gasteiger partial charge in [-0.05, 0) is 22.8 Å².